The lowest BCUT2D eigenvalue weighted by Crippen LogP contribution is -2.37. The van der Waals surface area contributed by atoms with Gasteiger partial charge in [0.1, 0.15) is 5.75 Å². The number of ether oxygens (including phenoxy) is 1. The maximum Gasteiger partial charge on any atom is 0.289 e. The summed E-state index contributed by atoms with van der Waals surface area (Å²) >= 11 is 0. The molecule has 0 aliphatic carbocycles. The molecular formula is C20H24N2O4. The first kappa shape index (κ1) is 18.0. The van der Waals surface area contributed by atoms with E-state index in [1.165, 1.54) is 6.26 Å². The van der Waals surface area contributed by atoms with Crippen molar-refractivity contribution in [1.82, 2.24) is 9.80 Å². The lowest BCUT2D eigenvalue weighted by atomic mass is 10.0. The minimum atomic E-state index is -0.131. The number of aryl methyl sites for hydroxylation is 2. The van der Waals surface area contributed by atoms with Crippen LogP contribution in [0.2, 0.25) is 0 Å². The van der Waals surface area contributed by atoms with Gasteiger partial charge in [-0.3, -0.25) is 9.59 Å². The number of methoxy groups -OCH3 is 1. The van der Waals surface area contributed by atoms with Gasteiger partial charge in [0.25, 0.3) is 11.8 Å². The summed E-state index contributed by atoms with van der Waals surface area (Å²) in [6.45, 7) is 6.16. The average Bonchev–Trinajstić information content (AvgIpc) is 3.07. The highest BCUT2D eigenvalue weighted by molar-refractivity contribution is 5.97. The first-order valence-corrected chi connectivity index (χ1v) is 8.78. The van der Waals surface area contributed by atoms with Gasteiger partial charge in [-0.1, -0.05) is 0 Å². The predicted octanol–water partition coefficient (Wildman–Crippen LogP) is 2.89. The third-order valence-electron chi connectivity index (χ3n) is 4.85. The molecule has 1 aliphatic rings. The smallest absolute Gasteiger partial charge is 0.289 e. The highest BCUT2D eigenvalue weighted by atomic mass is 16.5. The first-order valence-electron chi connectivity index (χ1n) is 8.78. The summed E-state index contributed by atoms with van der Waals surface area (Å²) in [5.74, 6) is 0.733. The Morgan fingerprint density at radius 1 is 1.00 bits per heavy atom. The van der Waals surface area contributed by atoms with E-state index in [1.54, 1.807) is 29.0 Å². The molecule has 1 fully saturated rings. The standard InChI is InChI=1S/C20H24N2O4/c1-14-12-16(18(25-3)13-15(14)2)19(23)21-7-5-8-22(10-9-21)20(24)17-6-4-11-26-17/h4,6,11-13H,5,7-10H2,1-3H3. The van der Waals surface area contributed by atoms with E-state index in [-0.39, 0.29) is 11.8 Å². The molecule has 6 heteroatoms. The SMILES string of the molecule is COc1cc(C)c(C)cc1C(=O)N1CCCN(C(=O)c2ccco2)CC1. The monoisotopic (exact) mass is 356 g/mol. The third-order valence-corrected chi connectivity index (χ3v) is 4.85. The summed E-state index contributed by atoms with van der Waals surface area (Å²) < 4.78 is 10.6. The number of rotatable bonds is 3. The molecule has 0 spiro atoms. The van der Waals surface area contributed by atoms with Gasteiger partial charge in [0.2, 0.25) is 0 Å². The van der Waals surface area contributed by atoms with Gasteiger partial charge in [0.05, 0.1) is 18.9 Å². The van der Waals surface area contributed by atoms with Crippen LogP contribution in [0.1, 0.15) is 38.5 Å². The van der Waals surface area contributed by atoms with Gasteiger partial charge in [-0.25, -0.2) is 0 Å². The largest absolute Gasteiger partial charge is 0.496 e. The van der Waals surface area contributed by atoms with Crippen molar-refractivity contribution in [3.05, 3.63) is 53.0 Å². The average molecular weight is 356 g/mol. The molecule has 6 nitrogen and oxygen atoms in total. The molecule has 0 radical (unpaired) electrons. The fourth-order valence-electron chi connectivity index (χ4n) is 3.18. The summed E-state index contributed by atoms with van der Waals surface area (Å²) in [5.41, 5.74) is 2.71. The van der Waals surface area contributed by atoms with E-state index >= 15 is 0 Å². The lowest BCUT2D eigenvalue weighted by Gasteiger charge is -2.23. The van der Waals surface area contributed by atoms with Crippen molar-refractivity contribution >= 4 is 11.8 Å². The molecule has 2 aromatic rings. The Morgan fingerprint density at radius 3 is 2.27 bits per heavy atom. The van der Waals surface area contributed by atoms with Gasteiger partial charge in [0, 0.05) is 26.2 Å². The Bertz CT molecular complexity index is 798. The molecule has 138 valence electrons. The number of nitrogens with zero attached hydrogens (tertiary/aromatic N) is 2. The molecule has 0 unspecified atom stereocenters. The van der Waals surface area contributed by atoms with Crippen LogP contribution in [-0.4, -0.2) is 54.9 Å². The highest BCUT2D eigenvalue weighted by Gasteiger charge is 2.26. The van der Waals surface area contributed by atoms with E-state index in [4.69, 9.17) is 9.15 Å². The Hall–Kier alpha value is -2.76. The van der Waals surface area contributed by atoms with Crippen LogP contribution in [0.25, 0.3) is 0 Å². The maximum atomic E-state index is 13.0. The number of carbonyl (C=O) groups excluding carboxylic acids is 2. The highest BCUT2D eigenvalue weighted by Crippen LogP contribution is 2.25. The molecule has 0 bridgehead atoms. The fraction of sp³-hybridized carbons (Fsp3) is 0.400. The number of carbonyl (C=O) groups is 2. The molecule has 0 N–H and O–H groups in total. The van der Waals surface area contributed by atoms with E-state index in [1.807, 2.05) is 26.0 Å². The second-order valence-electron chi connectivity index (χ2n) is 6.55. The molecule has 1 aromatic carbocycles. The van der Waals surface area contributed by atoms with Crippen molar-refractivity contribution in [2.24, 2.45) is 0 Å². The summed E-state index contributed by atoms with van der Waals surface area (Å²) in [5, 5.41) is 0. The van der Waals surface area contributed by atoms with E-state index < -0.39 is 0 Å². The minimum absolute atomic E-state index is 0.0581. The van der Waals surface area contributed by atoms with Crippen molar-refractivity contribution < 1.29 is 18.7 Å². The third kappa shape index (κ3) is 3.59. The Morgan fingerprint density at radius 2 is 1.65 bits per heavy atom. The minimum Gasteiger partial charge on any atom is -0.496 e. The predicted molar refractivity (Wildman–Crippen MR) is 97.6 cm³/mol. The maximum absolute atomic E-state index is 13.0. The van der Waals surface area contributed by atoms with Crippen molar-refractivity contribution in [2.45, 2.75) is 20.3 Å². The lowest BCUT2D eigenvalue weighted by molar-refractivity contribution is 0.0699. The van der Waals surface area contributed by atoms with Gasteiger partial charge >= 0.3 is 0 Å². The van der Waals surface area contributed by atoms with Gasteiger partial charge < -0.3 is 19.0 Å². The molecule has 3 rings (SSSR count). The summed E-state index contributed by atoms with van der Waals surface area (Å²) in [4.78, 5) is 29.0. The van der Waals surface area contributed by atoms with Crippen LogP contribution in [-0.2, 0) is 0 Å². The van der Waals surface area contributed by atoms with Gasteiger partial charge in [-0.05, 0) is 55.7 Å². The molecule has 2 amide bonds. The Balaban J connectivity index is 1.74. The van der Waals surface area contributed by atoms with Crippen LogP contribution in [0.4, 0.5) is 0 Å². The van der Waals surface area contributed by atoms with Gasteiger partial charge in [-0.2, -0.15) is 0 Å². The van der Waals surface area contributed by atoms with Crippen LogP contribution in [0.5, 0.6) is 5.75 Å². The zero-order valence-electron chi connectivity index (χ0n) is 15.4. The molecular weight excluding hydrogens is 332 g/mol. The topological polar surface area (TPSA) is 63.0 Å². The summed E-state index contributed by atoms with van der Waals surface area (Å²) in [7, 11) is 1.58. The zero-order valence-corrected chi connectivity index (χ0v) is 15.4. The van der Waals surface area contributed by atoms with E-state index in [0.717, 1.165) is 17.5 Å². The molecule has 1 aliphatic heterocycles. The molecule has 26 heavy (non-hydrogen) atoms. The molecule has 2 heterocycles. The molecule has 0 saturated carbocycles. The van der Waals surface area contributed by atoms with Crippen LogP contribution >= 0.6 is 0 Å². The summed E-state index contributed by atoms with van der Waals surface area (Å²) in [6.07, 6.45) is 2.22. The van der Waals surface area contributed by atoms with Crippen molar-refractivity contribution in [1.29, 1.82) is 0 Å². The number of hydrogen-bond acceptors (Lipinski definition) is 4. The van der Waals surface area contributed by atoms with Crippen molar-refractivity contribution in [3.8, 4) is 5.75 Å². The molecule has 1 aromatic heterocycles. The quantitative estimate of drug-likeness (QED) is 0.848. The van der Waals surface area contributed by atoms with Crippen molar-refractivity contribution in [2.75, 3.05) is 33.3 Å². The summed E-state index contributed by atoms with van der Waals surface area (Å²) in [6, 6.07) is 7.14. The second-order valence-corrected chi connectivity index (χ2v) is 6.55. The van der Waals surface area contributed by atoms with E-state index in [9.17, 15) is 9.59 Å². The first-order chi connectivity index (χ1) is 12.5. The number of hydrogen-bond donors (Lipinski definition) is 0. The number of amides is 2. The van der Waals surface area contributed by atoms with Crippen LogP contribution in [0, 0.1) is 13.8 Å². The fourth-order valence-corrected chi connectivity index (χ4v) is 3.18. The number of furan rings is 1. The van der Waals surface area contributed by atoms with Crippen molar-refractivity contribution in [3.63, 3.8) is 0 Å². The molecule has 1 saturated heterocycles. The normalized spacial score (nSPS) is 14.9. The second kappa shape index (κ2) is 7.64. The number of benzene rings is 1. The van der Waals surface area contributed by atoms with Crippen LogP contribution in [0.3, 0.4) is 0 Å². The Labute approximate surface area is 153 Å². The van der Waals surface area contributed by atoms with E-state index in [0.29, 0.717) is 43.3 Å². The zero-order chi connectivity index (χ0) is 18.7. The molecule has 0 atom stereocenters. The van der Waals surface area contributed by atoms with E-state index in [2.05, 4.69) is 0 Å². The van der Waals surface area contributed by atoms with Gasteiger partial charge in [0.15, 0.2) is 5.76 Å². The van der Waals surface area contributed by atoms with Gasteiger partial charge in [-0.15, -0.1) is 0 Å². The van der Waals surface area contributed by atoms with Crippen LogP contribution in [0.15, 0.2) is 34.9 Å². The van der Waals surface area contributed by atoms with Crippen LogP contribution < -0.4 is 4.74 Å². The Kier molecular flexibility index (Phi) is 5.30.